The lowest BCUT2D eigenvalue weighted by molar-refractivity contribution is -0.134. The van der Waals surface area contributed by atoms with Crippen LogP contribution in [-0.4, -0.2) is 40.5 Å². The van der Waals surface area contributed by atoms with Crippen molar-refractivity contribution in [1.29, 1.82) is 0 Å². The number of carbonyl (C=O) groups is 1. The average molecular weight is 324 g/mol. The van der Waals surface area contributed by atoms with Crippen molar-refractivity contribution in [3.05, 3.63) is 42.0 Å². The minimum absolute atomic E-state index is 0.115. The maximum absolute atomic E-state index is 13.1. The SMILES string of the molecule is C=C1c2ccccc2[C@H]2[C@H](C(=O)N3CCCCC3)N=NN2C1(C)C. The van der Waals surface area contributed by atoms with E-state index in [-0.39, 0.29) is 17.5 Å². The molecule has 0 aliphatic carbocycles. The zero-order valence-corrected chi connectivity index (χ0v) is 14.4. The van der Waals surface area contributed by atoms with Gasteiger partial charge < -0.3 is 4.90 Å². The molecule has 0 radical (unpaired) electrons. The highest BCUT2D eigenvalue weighted by molar-refractivity contribution is 5.85. The molecule has 0 bridgehead atoms. The Morgan fingerprint density at radius 2 is 1.92 bits per heavy atom. The lowest BCUT2D eigenvalue weighted by Gasteiger charge is -2.45. The summed E-state index contributed by atoms with van der Waals surface area (Å²) in [5.41, 5.74) is 2.92. The molecule has 0 saturated carbocycles. The molecule has 2 atom stereocenters. The Kier molecular flexibility index (Phi) is 3.48. The number of piperidine rings is 1. The van der Waals surface area contributed by atoms with Crippen molar-refractivity contribution in [3.63, 3.8) is 0 Å². The quantitative estimate of drug-likeness (QED) is 0.792. The molecule has 3 heterocycles. The van der Waals surface area contributed by atoms with E-state index in [2.05, 4.69) is 42.9 Å². The summed E-state index contributed by atoms with van der Waals surface area (Å²) < 4.78 is 0. The zero-order valence-electron chi connectivity index (χ0n) is 14.4. The highest BCUT2D eigenvalue weighted by Gasteiger charge is 2.51. The lowest BCUT2D eigenvalue weighted by atomic mass is 9.77. The van der Waals surface area contributed by atoms with E-state index in [0.29, 0.717) is 0 Å². The molecule has 0 unspecified atom stereocenters. The Hall–Kier alpha value is -2.17. The van der Waals surface area contributed by atoms with E-state index < -0.39 is 6.04 Å². The predicted molar refractivity (Wildman–Crippen MR) is 93.2 cm³/mol. The second-order valence-electron chi connectivity index (χ2n) is 7.45. The van der Waals surface area contributed by atoms with Crippen molar-refractivity contribution in [2.45, 2.75) is 50.7 Å². The first kappa shape index (κ1) is 15.4. The van der Waals surface area contributed by atoms with Crippen molar-refractivity contribution in [1.82, 2.24) is 9.91 Å². The van der Waals surface area contributed by atoms with E-state index >= 15 is 0 Å². The molecular formula is C19H24N4O. The maximum Gasteiger partial charge on any atom is 0.251 e. The third-order valence-electron chi connectivity index (χ3n) is 5.67. The second kappa shape index (κ2) is 5.43. The van der Waals surface area contributed by atoms with Gasteiger partial charge in [0.2, 0.25) is 0 Å². The fourth-order valence-electron chi connectivity index (χ4n) is 4.11. The van der Waals surface area contributed by atoms with Gasteiger partial charge in [-0.2, -0.15) is 5.11 Å². The molecule has 4 rings (SSSR count). The normalized spacial score (nSPS) is 27.8. The van der Waals surface area contributed by atoms with Crippen LogP contribution in [0.3, 0.4) is 0 Å². The second-order valence-corrected chi connectivity index (χ2v) is 7.45. The number of fused-ring (bicyclic) bond motifs is 3. The zero-order chi connectivity index (χ0) is 16.9. The Bertz CT molecular complexity index is 718. The van der Waals surface area contributed by atoms with E-state index in [9.17, 15) is 4.79 Å². The molecule has 1 aromatic carbocycles. The average Bonchev–Trinajstić information content (AvgIpc) is 3.06. The summed E-state index contributed by atoms with van der Waals surface area (Å²) >= 11 is 0. The monoisotopic (exact) mass is 324 g/mol. The molecule has 24 heavy (non-hydrogen) atoms. The van der Waals surface area contributed by atoms with Crippen LogP contribution in [0.15, 0.2) is 41.2 Å². The highest BCUT2D eigenvalue weighted by Crippen LogP contribution is 2.49. The van der Waals surface area contributed by atoms with Crippen LogP contribution in [0.1, 0.15) is 50.3 Å². The highest BCUT2D eigenvalue weighted by atomic mass is 16.2. The topological polar surface area (TPSA) is 48.3 Å². The number of carbonyl (C=O) groups excluding carboxylic acids is 1. The molecule has 126 valence electrons. The Morgan fingerprint density at radius 1 is 1.21 bits per heavy atom. The lowest BCUT2D eigenvalue weighted by Crippen LogP contribution is -2.51. The molecule has 1 aromatic rings. The van der Waals surface area contributed by atoms with Crippen LogP contribution in [0.25, 0.3) is 5.57 Å². The summed E-state index contributed by atoms with van der Waals surface area (Å²) in [6.45, 7) is 10.2. The Balaban J connectivity index is 1.73. The molecule has 0 aromatic heterocycles. The predicted octanol–water partition coefficient (Wildman–Crippen LogP) is 3.60. The third kappa shape index (κ3) is 2.10. The Morgan fingerprint density at radius 3 is 2.67 bits per heavy atom. The van der Waals surface area contributed by atoms with Gasteiger partial charge in [0, 0.05) is 13.1 Å². The maximum atomic E-state index is 13.1. The van der Waals surface area contributed by atoms with Gasteiger partial charge in [-0.1, -0.05) is 36.1 Å². The van der Waals surface area contributed by atoms with Crippen LogP contribution < -0.4 is 0 Å². The van der Waals surface area contributed by atoms with Crippen molar-refractivity contribution < 1.29 is 4.79 Å². The van der Waals surface area contributed by atoms with Crippen molar-refractivity contribution in [3.8, 4) is 0 Å². The molecule has 0 spiro atoms. The first-order chi connectivity index (χ1) is 11.5. The largest absolute Gasteiger partial charge is 0.341 e. The summed E-state index contributed by atoms with van der Waals surface area (Å²) in [7, 11) is 0. The van der Waals surface area contributed by atoms with Gasteiger partial charge in [0.15, 0.2) is 6.04 Å². The van der Waals surface area contributed by atoms with Gasteiger partial charge in [0.05, 0.1) is 5.54 Å². The number of hydrogen-bond acceptors (Lipinski definition) is 4. The summed E-state index contributed by atoms with van der Waals surface area (Å²) in [5, 5.41) is 10.8. The number of nitrogens with zero attached hydrogens (tertiary/aromatic N) is 4. The molecule has 3 aliphatic rings. The van der Waals surface area contributed by atoms with Gasteiger partial charge in [-0.25, -0.2) is 0 Å². The van der Waals surface area contributed by atoms with E-state index in [1.165, 1.54) is 6.42 Å². The van der Waals surface area contributed by atoms with Crippen molar-refractivity contribution in [2.75, 3.05) is 13.1 Å². The van der Waals surface area contributed by atoms with Crippen LogP contribution in [0.2, 0.25) is 0 Å². The van der Waals surface area contributed by atoms with Crippen LogP contribution >= 0.6 is 0 Å². The summed E-state index contributed by atoms with van der Waals surface area (Å²) in [4.78, 5) is 15.0. The van der Waals surface area contributed by atoms with Gasteiger partial charge in [-0.3, -0.25) is 9.80 Å². The summed E-state index contributed by atoms with van der Waals surface area (Å²) in [5.74, 6) is 0.115. The van der Waals surface area contributed by atoms with Gasteiger partial charge >= 0.3 is 0 Å². The molecular weight excluding hydrogens is 300 g/mol. The molecule has 5 heteroatoms. The van der Waals surface area contributed by atoms with Crippen LogP contribution in [0, 0.1) is 0 Å². The first-order valence-electron chi connectivity index (χ1n) is 8.79. The minimum atomic E-state index is -0.448. The number of amides is 1. The molecule has 1 fully saturated rings. The molecule has 3 aliphatic heterocycles. The number of likely N-dealkylation sites (tertiary alicyclic amines) is 1. The smallest absolute Gasteiger partial charge is 0.251 e. The van der Waals surface area contributed by atoms with Gasteiger partial charge in [0.25, 0.3) is 5.91 Å². The van der Waals surface area contributed by atoms with Crippen LogP contribution in [0.5, 0.6) is 0 Å². The Labute approximate surface area is 143 Å². The number of benzene rings is 1. The van der Waals surface area contributed by atoms with E-state index in [0.717, 1.165) is 42.6 Å². The molecule has 5 nitrogen and oxygen atoms in total. The third-order valence-corrected chi connectivity index (χ3v) is 5.67. The first-order valence-corrected chi connectivity index (χ1v) is 8.79. The standard InChI is InChI=1S/C19H24N4O/c1-13-14-9-5-6-10-15(14)17-16(20-21-23(17)19(13,2)3)18(24)22-11-7-4-8-12-22/h5-6,9-10,16-17H,1,4,7-8,11-12H2,2-3H3/t16-,17+/m1/s1. The van der Waals surface area contributed by atoms with E-state index in [1.54, 1.807) is 0 Å². The summed E-state index contributed by atoms with van der Waals surface area (Å²) in [6, 6.07) is 7.65. The molecule has 1 amide bonds. The number of rotatable bonds is 1. The van der Waals surface area contributed by atoms with Gasteiger partial charge in [0.1, 0.15) is 6.04 Å². The van der Waals surface area contributed by atoms with E-state index in [1.807, 2.05) is 22.0 Å². The molecule has 1 saturated heterocycles. The van der Waals surface area contributed by atoms with E-state index in [4.69, 9.17) is 0 Å². The van der Waals surface area contributed by atoms with Gasteiger partial charge in [-0.15, -0.1) is 0 Å². The summed E-state index contributed by atoms with van der Waals surface area (Å²) in [6.07, 6.45) is 3.38. The van der Waals surface area contributed by atoms with Crippen molar-refractivity contribution in [2.24, 2.45) is 10.3 Å². The van der Waals surface area contributed by atoms with Crippen LogP contribution in [-0.2, 0) is 4.79 Å². The van der Waals surface area contributed by atoms with Crippen molar-refractivity contribution >= 4 is 11.5 Å². The fourth-order valence-corrected chi connectivity index (χ4v) is 4.11. The molecule has 0 N–H and O–H groups in total. The fraction of sp³-hybridized carbons (Fsp3) is 0.526. The number of hydrogen-bond donors (Lipinski definition) is 0. The van der Waals surface area contributed by atoms with Crippen LogP contribution in [0.4, 0.5) is 0 Å². The van der Waals surface area contributed by atoms with Gasteiger partial charge in [-0.05, 0) is 49.8 Å². The minimum Gasteiger partial charge on any atom is -0.341 e.